The van der Waals surface area contributed by atoms with Gasteiger partial charge in [0.15, 0.2) is 0 Å². The van der Waals surface area contributed by atoms with Crippen LogP contribution in [0.15, 0.2) is 0 Å². The Kier molecular flexibility index (Phi) is 5.56. The Bertz CT molecular complexity index is 286. The van der Waals surface area contributed by atoms with Crippen LogP contribution in [0, 0.1) is 29.1 Å². The van der Waals surface area contributed by atoms with Crippen molar-refractivity contribution < 1.29 is 0 Å². The predicted molar refractivity (Wildman–Crippen MR) is 88.9 cm³/mol. The monoisotopic (exact) mass is 279 g/mol. The summed E-state index contributed by atoms with van der Waals surface area (Å²) in [5.41, 5.74) is 0.551. The Morgan fingerprint density at radius 2 is 1.75 bits per heavy atom. The molecule has 0 aromatic carbocycles. The Hall–Kier alpha value is -0.0400. The normalized spacial score (nSPS) is 38.9. The van der Waals surface area contributed by atoms with Gasteiger partial charge in [-0.15, -0.1) is 0 Å². The van der Waals surface area contributed by atoms with Gasteiger partial charge in [-0.05, 0) is 74.2 Å². The summed E-state index contributed by atoms with van der Waals surface area (Å²) in [5, 5.41) is 3.98. The van der Waals surface area contributed by atoms with Gasteiger partial charge in [0.25, 0.3) is 0 Å². The van der Waals surface area contributed by atoms with E-state index in [0.29, 0.717) is 5.41 Å². The molecule has 0 heterocycles. The molecule has 2 rings (SSSR count). The van der Waals surface area contributed by atoms with Crippen LogP contribution in [-0.2, 0) is 0 Å². The fourth-order valence-electron chi connectivity index (χ4n) is 5.27. The van der Waals surface area contributed by atoms with Crippen molar-refractivity contribution in [2.45, 2.75) is 85.6 Å². The van der Waals surface area contributed by atoms with E-state index in [9.17, 15) is 0 Å². The number of nitrogens with one attached hydrogen (secondary N) is 1. The minimum Gasteiger partial charge on any atom is -0.313 e. The number of rotatable bonds is 5. The van der Waals surface area contributed by atoms with Crippen LogP contribution in [-0.4, -0.2) is 12.6 Å². The van der Waals surface area contributed by atoms with Gasteiger partial charge < -0.3 is 5.32 Å². The molecular weight excluding hydrogens is 242 g/mol. The molecule has 0 amide bonds. The molecule has 0 aromatic rings. The highest BCUT2D eigenvalue weighted by Crippen LogP contribution is 2.48. The van der Waals surface area contributed by atoms with Crippen molar-refractivity contribution in [3.05, 3.63) is 0 Å². The molecule has 2 fully saturated rings. The van der Waals surface area contributed by atoms with Gasteiger partial charge >= 0.3 is 0 Å². The van der Waals surface area contributed by atoms with Crippen LogP contribution in [0.3, 0.4) is 0 Å². The fourth-order valence-corrected chi connectivity index (χ4v) is 5.27. The molecule has 2 aliphatic carbocycles. The molecule has 2 saturated carbocycles. The maximum atomic E-state index is 3.98. The molecule has 0 aromatic heterocycles. The Morgan fingerprint density at radius 1 is 1.10 bits per heavy atom. The average molecular weight is 280 g/mol. The van der Waals surface area contributed by atoms with Crippen molar-refractivity contribution in [1.82, 2.24) is 5.32 Å². The first-order valence-electron chi connectivity index (χ1n) is 9.17. The summed E-state index contributed by atoms with van der Waals surface area (Å²) in [6.45, 7) is 13.5. The van der Waals surface area contributed by atoms with E-state index in [1.165, 1.54) is 51.5 Å². The lowest BCUT2D eigenvalue weighted by molar-refractivity contribution is 0.0993. The largest absolute Gasteiger partial charge is 0.313 e. The molecule has 0 saturated heterocycles. The van der Waals surface area contributed by atoms with Gasteiger partial charge in [0.05, 0.1) is 0 Å². The lowest BCUT2D eigenvalue weighted by atomic mass is 9.66. The van der Waals surface area contributed by atoms with E-state index >= 15 is 0 Å². The van der Waals surface area contributed by atoms with Crippen LogP contribution in [0.2, 0.25) is 0 Å². The summed E-state index contributed by atoms with van der Waals surface area (Å²) in [7, 11) is 0. The zero-order valence-corrected chi connectivity index (χ0v) is 14.5. The topological polar surface area (TPSA) is 12.0 Å². The van der Waals surface area contributed by atoms with Gasteiger partial charge in [-0.3, -0.25) is 0 Å². The second kappa shape index (κ2) is 6.81. The molecule has 118 valence electrons. The Morgan fingerprint density at radius 3 is 2.25 bits per heavy atom. The van der Waals surface area contributed by atoms with E-state index < -0.39 is 0 Å². The van der Waals surface area contributed by atoms with Crippen LogP contribution in [0.1, 0.15) is 79.6 Å². The first kappa shape index (κ1) is 16.3. The Labute approximate surface area is 127 Å². The molecule has 1 nitrogen and oxygen atoms in total. The third kappa shape index (κ3) is 3.78. The van der Waals surface area contributed by atoms with Crippen molar-refractivity contribution in [3.8, 4) is 0 Å². The van der Waals surface area contributed by atoms with Crippen molar-refractivity contribution >= 4 is 0 Å². The van der Waals surface area contributed by atoms with Gasteiger partial charge in [-0.25, -0.2) is 0 Å². The first-order valence-corrected chi connectivity index (χ1v) is 9.17. The highest BCUT2D eigenvalue weighted by molar-refractivity contribution is 4.96. The summed E-state index contributed by atoms with van der Waals surface area (Å²) >= 11 is 0. The van der Waals surface area contributed by atoms with E-state index in [4.69, 9.17) is 0 Å². The van der Waals surface area contributed by atoms with Gasteiger partial charge in [0.1, 0.15) is 0 Å². The zero-order valence-electron chi connectivity index (χ0n) is 14.5. The maximum absolute atomic E-state index is 3.98. The van der Waals surface area contributed by atoms with Gasteiger partial charge in [-0.2, -0.15) is 0 Å². The number of hydrogen-bond donors (Lipinski definition) is 1. The van der Waals surface area contributed by atoms with Crippen LogP contribution in [0.5, 0.6) is 0 Å². The van der Waals surface area contributed by atoms with Gasteiger partial charge in [0.2, 0.25) is 0 Å². The SMILES string of the molecule is CCCNC(C1CC(C)CC(C)C1)C1CCCC1(C)C. The highest BCUT2D eigenvalue weighted by atomic mass is 14.9. The molecule has 4 unspecified atom stereocenters. The lowest BCUT2D eigenvalue weighted by Gasteiger charge is -2.43. The van der Waals surface area contributed by atoms with E-state index in [0.717, 1.165) is 29.7 Å². The molecule has 2 aliphatic rings. The maximum Gasteiger partial charge on any atom is 0.0129 e. The highest BCUT2D eigenvalue weighted by Gasteiger charge is 2.43. The first-order chi connectivity index (χ1) is 9.44. The second-order valence-corrected chi connectivity index (χ2v) is 8.64. The minimum absolute atomic E-state index is 0.551. The summed E-state index contributed by atoms with van der Waals surface area (Å²) in [6.07, 6.45) is 9.95. The third-order valence-corrected chi connectivity index (χ3v) is 6.13. The minimum atomic E-state index is 0.551. The quantitative estimate of drug-likeness (QED) is 0.724. The molecule has 4 atom stereocenters. The molecule has 0 radical (unpaired) electrons. The Balaban J connectivity index is 2.10. The third-order valence-electron chi connectivity index (χ3n) is 6.13. The fraction of sp³-hybridized carbons (Fsp3) is 1.00. The standard InChI is InChI=1S/C19H37N/c1-6-10-20-18(17-8-7-9-19(17,4)5)16-12-14(2)11-15(3)13-16/h14-18,20H,6-13H2,1-5H3. The van der Waals surface area contributed by atoms with E-state index in [1.54, 1.807) is 0 Å². The molecule has 0 aliphatic heterocycles. The predicted octanol–water partition coefficient (Wildman–Crippen LogP) is 5.25. The van der Waals surface area contributed by atoms with Crippen molar-refractivity contribution in [2.24, 2.45) is 29.1 Å². The van der Waals surface area contributed by atoms with E-state index in [2.05, 4.69) is 39.9 Å². The number of hydrogen-bond acceptors (Lipinski definition) is 1. The van der Waals surface area contributed by atoms with Crippen LogP contribution in [0.4, 0.5) is 0 Å². The smallest absolute Gasteiger partial charge is 0.0129 e. The summed E-state index contributed by atoms with van der Waals surface area (Å²) in [4.78, 5) is 0. The summed E-state index contributed by atoms with van der Waals surface area (Å²) < 4.78 is 0. The van der Waals surface area contributed by atoms with Gasteiger partial charge in [0, 0.05) is 6.04 Å². The van der Waals surface area contributed by atoms with Gasteiger partial charge in [-0.1, -0.05) is 41.0 Å². The molecule has 1 heteroatoms. The molecule has 1 N–H and O–H groups in total. The van der Waals surface area contributed by atoms with Crippen molar-refractivity contribution in [3.63, 3.8) is 0 Å². The average Bonchev–Trinajstić information content (AvgIpc) is 2.69. The van der Waals surface area contributed by atoms with Crippen LogP contribution in [0.25, 0.3) is 0 Å². The molecule has 20 heavy (non-hydrogen) atoms. The summed E-state index contributed by atoms with van der Waals surface area (Å²) in [5.74, 6) is 3.68. The molecule has 0 spiro atoms. The van der Waals surface area contributed by atoms with E-state index in [1.807, 2.05) is 0 Å². The summed E-state index contributed by atoms with van der Waals surface area (Å²) in [6, 6.07) is 0.776. The van der Waals surface area contributed by atoms with Crippen LogP contribution < -0.4 is 5.32 Å². The molecule has 0 bridgehead atoms. The van der Waals surface area contributed by atoms with E-state index in [-0.39, 0.29) is 0 Å². The van der Waals surface area contributed by atoms with Crippen molar-refractivity contribution in [1.29, 1.82) is 0 Å². The lowest BCUT2D eigenvalue weighted by Crippen LogP contribution is -2.48. The molecular formula is C19H37N. The second-order valence-electron chi connectivity index (χ2n) is 8.64. The van der Waals surface area contributed by atoms with Crippen LogP contribution >= 0.6 is 0 Å². The van der Waals surface area contributed by atoms with Crippen molar-refractivity contribution in [2.75, 3.05) is 6.54 Å². The zero-order chi connectivity index (χ0) is 14.8.